The highest BCUT2D eigenvalue weighted by atomic mass is 32.1. The van der Waals surface area contributed by atoms with Gasteiger partial charge in [0.1, 0.15) is 0 Å². The van der Waals surface area contributed by atoms with Crippen LogP contribution in [0.1, 0.15) is 40.0 Å². The minimum atomic E-state index is 0.819. The average Bonchev–Trinajstić information content (AvgIpc) is 1.99. The van der Waals surface area contributed by atoms with Gasteiger partial charge in [-0.2, -0.15) is 12.6 Å². The smallest absolute Gasteiger partial charge is 0.0126 e. The summed E-state index contributed by atoms with van der Waals surface area (Å²) < 4.78 is 0. The van der Waals surface area contributed by atoms with Crippen molar-refractivity contribution in [2.75, 3.05) is 5.75 Å². The molecule has 2 aliphatic carbocycles. The van der Waals surface area contributed by atoms with Gasteiger partial charge in [-0.05, 0) is 42.3 Å². The fourth-order valence-corrected chi connectivity index (χ4v) is 2.38. The van der Waals surface area contributed by atoms with Crippen LogP contribution in [0.2, 0.25) is 0 Å². The molecule has 3 atom stereocenters. The fourth-order valence-electron chi connectivity index (χ4n) is 2.38. The van der Waals surface area contributed by atoms with Crippen molar-refractivity contribution in [3.63, 3.8) is 0 Å². The van der Waals surface area contributed by atoms with Gasteiger partial charge in [-0.25, -0.2) is 0 Å². The molecule has 2 rings (SSSR count). The van der Waals surface area contributed by atoms with E-state index in [1.54, 1.807) is 0 Å². The first-order valence-corrected chi connectivity index (χ1v) is 5.39. The van der Waals surface area contributed by atoms with Crippen LogP contribution in [-0.2, 0) is 0 Å². The Bertz CT molecular complexity index is 127. The summed E-state index contributed by atoms with van der Waals surface area (Å²) in [5, 5.41) is 0. The summed E-state index contributed by atoms with van der Waals surface area (Å²) in [6.45, 7) is 6.84. The number of fused-ring (bicyclic) bond motifs is 1. The summed E-state index contributed by atoms with van der Waals surface area (Å²) in [6.07, 6.45) is 4.57. The zero-order chi connectivity index (χ0) is 8.48. The Balaban J connectivity index is 0.000000179. The lowest BCUT2D eigenvalue weighted by atomic mass is 9.44. The van der Waals surface area contributed by atoms with Gasteiger partial charge in [-0.15, -0.1) is 0 Å². The predicted octanol–water partition coefficient (Wildman–Crippen LogP) is 3.38. The number of hydrogen-bond acceptors (Lipinski definition) is 1. The standard InChI is InChI=1S/C8H14.C2H6S/c1-6-5-7-3-4-8(6,7)2;1-2-3/h6-7H,3-5H2,1-2H3;3H,2H2,1H3. The lowest BCUT2D eigenvalue weighted by Crippen LogP contribution is -2.52. The van der Waals surface area contributed by atoms with Gasteiger partial charge >= 0.3 is 0 Å². The number of thiol groups is 1. The second-order valence-electron chi connectivity index (χ2n) is 4.19. The maximum absolute atomic E-state index is 3.79. The third kappa shape index (κ3) is 1.44. The van der Waals surface area contributed by atoms with Crippen molar-refractivity contribution < 1.29 is 0 Å². The minimum Gasteiger partial charge on any atom is -0.180 e. The molecule has 0 radical (unpaired) electrons. The van der Waals surface area contributed by atoms with Gasteiger partial charge in [0, 0.05) is 0 Å². The van der Waals surface area contributed by atoms with E-state index < -0.39 is 0 Å². The molecule has 0 aromatic carbocycles. The summed E-state index contributed by atoms with van der Waals surface area (Å²) in [5.74, 6) is 3.12. The van der Waals surface area contributed by atoms with Crippen LogP contribution < -0.4 is 0 Å². The van der Waals surface area contributed by atoms with Gasteiger partial charge < -0.3 is 0 Å². The van der Waals surface area contributed by atoms with Gasteiger partial charge in [0.2, 0.25) is 0 Å². The van der Waals surface area contributed by atoms with Crippen molar-refractivity contribution in [3.05, 3.63) is 0 Å². The molecule has 0 amide bonds. The van der Waals surface area contributed by atoms with Crippen molar-refractivity contribution in [3.8, 4) is 0 Å². The Labute approximate surface area is 76.2 Å². The average molecular weight is 172 g/mol. The molecule has 2 fully saturated rings. The van der Waals surface area contributed by atoms with Crippen LogP contribution >= 0.6 is 12.6 Å². The molecule has 3 unspecified atom stereocenters. The van der Waals surface area contributed by atoms with Crippen molar-refractivity contribution in [1.82, 2.24) is 0 Å². The van der Waals surface area contributed by atoms with E-state index >= 15 is 0 Å². The number of rotatable bonds is 0. The normalized spacial score (nSPS) is 45.8. The van der Waals surface area contributed by atoms with E-state index in [4.69, 9.17) is 0 Å². The van der Waals surface area contributed by atoms with Gasteiger partial charge in [0.25, 0.3) is 0 Å². The second-order valence-corrected chi connectivity index (χ2v) is 4.83. The van der Waals surface area contributed by atoms with E-state index in [0.717, 1.165) is 23.0 Å². The topological polar surface area (TPSA) is 0 Å². The maximum atomic E-state index is 3.79. The molecule has 11 heavy (non-hydrogen) atoms. The molecular weight excluding hydrogens is 152 g/mol. The number of hydrogen-bond donors (Lipinski definition) is 1. The van der Waals surface area contributed by atoms with Gasteiger partial charge in [0.15, 0.2) is 0 Å². The van der Waals surface area contributed by atoms with Crippen LogP contribution in [0.15, 0.2) is 0 Å². The molecule has 1 heteroatoms. The third-order valence-electron chi connectivity index (χ3n) is 3.73. The summed E-state index contributed by atoms with van der Waals surface area (Å²) in [5.41, 5.74) is 0.819. The lowest BCUT2D eigenvalue weighted by Gasteiger charge is -2.61. The summed E-state index contributed by atoms with van der Waals surface area (Å²) in [7, 11) is 0. The zero-order valence-corrected chi connectivity index (χ0v) is 8.82. The Morgan fingerprint density at radius 1 is 1.55 bits per heavy atom. The van der Waals surface area contributed by atoms with Crippen LogP contribution in [0.3, 0.4) is 0 Å². The Morgan fingerprint density at radius 3 is 2.09 bits per heavy atom. The van der Waals surface area contributed by atoms with Gasteiger partial charge in [-0.1, -0.05) is 20.8 Å². The second kappa shape index (κ2) is 3.38. The molecule has 0 nitrogen and oxygen atoms in total. The van der Waals surface area contributed by atoms with E-state index in [0.29, 0.717) is 0 Å². The Hall–Kier alpha value is 0.350. The summed E-state index contributed by atoms with van der Waals surface area (Å²) in [4.78, 5) is 0. The van der Waals surface area contributed by atoms with E-state index in [-0.39, 0.29) is 0 Å². The largest absolute Gasteiger partial charge is 0.180 e. The van der Waals surface area contributed by atoms with Crippen molar-refractivity contribution >= 4 is 12.6 Å². The molecule has 0 aromatic heterocycles. The molecule has 2 saturated carbocycles. The first kappa shape index (κ1) is 9.44. The first-order valence-electron chi connectivity index (χ1n) is 4.76. The van der Waals surface area contributed by atoms with Crippen LogP contribution in [0.5, 0.6) is 0 Å². The molecule has 0 bridgehead atoms. The van der Waals surface area contributed by atoms with Gasteiger partial charge in [-0.3, -0.25) is 0 Å². The Kier molecular flexibility index (Phi) is 2.90. The van der Waals surface area contributed by atoms with E-state index in [1.807, 2.05) is 6.92 Å². The highest BCUT2D eigenvalue weighted by molar-refractivity contribution is 7.80. The van der Waals surface area contributed by atoms with Crippen LogP contribution in [0.4, 0.5) is 0 Å². The zero-order valence-electron chi connectivity index (χ0n) is 7.93. The molecule has 0 heterocycles. The SMILES string of the molecule is CC1CC2CCC12C.CCS. The van der Waals surface area contributed by atoms with Crippen LogP contribution in [-0.4, -0.2) is 5.75 Å². The maximum Gasteiger partial charge on any atom is -0.0126 e. The van der Waals surface area contributed by atoms with Gasteiger partial charge in [0.05, 0.1) is 0 Å². The predicted molar refractivity (Wildman–Crippen MR) is 54.1 cm³/mol. The summed E-state index contributed by atoms with van der Waals surface area (Å²) in [6, 6.07) is 0. The molecule has 66 valence electrons. The first-order chi connectivity index (χ1) is 5.15. The molecule has 0 saturated heterocycles. The molecule has 2 aliphatic rings. The van der Waals surface area contributed by atoms with E-state index in [1.165, 1.54) is 19.3 Å². The van der Waals surface area contributed by atoms with E-state index in [9.17, 15) is 0 Å². The third-order valence-corrected chi connectivity index (χ3v) is 3.73. The molecule has 0 aliphatic heterocycles. The highest BCUT2D eigenvalue weighted by Crippen LogP contribution is 2.63. The highest BCUT2D eigenvalue weighted by Gasteiger charge is 2.54. The van der Waals surface area contributed by atoms with Crippen LogP contribution in [0.25, 0.3) is 0 Å². The van der Waals surface area contributed by atoms with E-state index in [2.05, 4.69) is 26.5 Å². The Morgan fingerprint density at radius 2 is 2.09 bits per heavy atom. The molecule has 0 N–H and O–H groups in total. The lowest BCUT2D eigenvalue weighted by molar-refractivity contribution is -0.117. The quantitative estimate of drug-likeness (QED) is 0.532. The minimum absolute atomic E-state index is 0.819. The van der Waals surface area contributed by atoms with Crippen molar-refractivity contribution in [2.24, 2.45) is 17.3 Å². The molecule has 0 aromatic rings. The molecular formula is C10H20S. The van der Waals surface area contributed by atoms with Crippen molar-refractivity contribution in [2.45, 2.75) is 40.0 Å². The fraction of sp³-hybridized carbons (Fsp3) is 1.00. The monoisotopic (exact) mass is 172 g/mol. The summed E-state index contributed by atoms with van der Waals surface area (Å²) >= 11 is 3.79. The van der Waals surface area contributed by atoms with Crippen molar-refractivity contribution in [1.29, 1.82) is 0 Å². The molecule has 0 spiro atoms. The van der Waals surface area contributed by atoms with Crippen LogP contribution in [0, 0.1) is 17.3 Å².